The lowest BCUT2D eigenvalue weighted by Gasteiger charge is -2.35. The minimum atomic E-state index is -3.89. The first kappa shape index (κ1) is 31.2. The van der Waals surface area contributed by atoms with Crippen molar-refractivity contribution in [3.63, 3.8) is 0 Å². The van der Waals surface area contributed by atoms with E-state index in [9.17, 15) is 22.4 Å². The van der Waals surface area contributed by atoms with Crippen LogP contribution in [0.2, 0.25) is 0 Å². The topological polar surface area (TPSA) is 86.8 Å². The van der Waals surface area contributed by atoms with Gasteiger partial charge in [0.25, 0.3) is 0 Å². The van der Waals surface area contributed by atoms with Gasteiger partial charge in [-0.3, -0.25) is 13.9 Å². The zero-order valence-corrected chi connectivity index (χ0v) is 25.4. The molecule has 0 unspecified atom stereocenters. The van der Waals surface area contributed by atoms with Crippen molar-refractivity contribution in [2.45, 2.75) is 71.0 Å². The molecular formula is C33H40FN3O4S. The second kappa shape index (κ2) is 14.0. The molecule has 0 spiro atoms. The maximum atomic E-state index is 15.0. The fourth-order valence-electron chi connectivity index (χ4n) is 5.68. The van der Waals surface area contributed by atoms with Crippen LogP contribution in [-0.4, -0.2) is 50.0 Å². The van der Waals surface area contributed by atoms with Crippen LogP contribution in [0, 0.1) is 19.7 Å². The van der Waals surface area contributed by atoms with Crippen LogP contribution in [0.15, 0.2) is 72.8 Å². The molecule has 42 heavy (non-hydrogen) atoms. The van der Waals surface area contributed by atoms with Gasteiger partial charge in [0.1, 0.15) is 18.4 Å². The van der Waals surface area contributed by atoms with Crippen LogP contribution >= 0.6 is 0 Å². The minimum absolute atomic E-state index is 0.00271. The second-order valence-electron chi connectivity index (χ2n) is 11.2. The van der Waals surface area contributed by atoms with E-state index in [-0.39, 0.29) is 30.5 Å². The molecule has 1 aliphatic rings. The monoisotopic (exact) mass is 593 g/mol. The zero-order valence-electron chi connectivity index (χ0n) is 24.6. The largest absolute Gasteiger partial charge is 0.352 e. The Labute approximate surface area is 248 Å². The summed E-state index contributed by atoms with van der Waals surface area (Å²) in [5, 5.41) is 3.15. The van der Waals surface area contributed by atoms with Gasteiger partial charge >= 0.3 is 0 Å². The first-order chi connectivity index (χ1) is 20.0. The highest BCUT2D eigenvalue weighted by Crippen LogP contribution is 2.28. The normalized spacial score (nSPS) is 14.7. The van der Waals surface area contributed by atoms with E-state index < -0.39 is 34.3 Å². The Morgan fingerprint density at radius 3 is 2.14 bits per heavy atom. The van der Waals surface area contributed by atoms with Crippen molar-refractivity contribution in [1.29, 1.82) is 0 Å². The van der Waals surface area contributed by atoms with Gasteiger partial charge < -0.3 is 10.2 Å². The van der Waals surface area contributed by atoms with Gasteiger partial charge in [-0.15, -0.1) is 0 Å². The van der Waals surface area contributed by atoms with Crippen molar-refractivity contribution in [1.82, 2.24) is 10.2 Å². The number of hydrogen-bond donors (Lipinski definition) is 1. The number of hydrogen-bond acceptors (Lipinski definition) is 4. The summed E-state index contributed by atoms with van der Waals surface area (Å²) in [6.07, 6.45) is 6.14. The van der Waals surface area contributed by atoms with Gasteiger partial charge in [0.15, 0.2) is 0 Å². The number of nitrogens with zero attached hydrogens (tertiary/aromatic N) is 2. The van der Waals surface area contributed by atoms with Crippen molar-refractivity contribution in [2.75, 3.05) is 17.1 Å². The number of nitrogens with one attached hydrogen (secondary N) is 1. The van der Waals surface area contributed by atoms with Crippen LogP contribution < -0.4 is 9.62 Å². The Morgan fingerprint density at radius 1 is 0.905 bits per heavy atom. The summed E-state index contributed by atoms with van der Waals surface area (Å²) in [7, 11) is -3.89. The first-order valence-electron chi connectivity index (χ1n) is 14.5. The zero-order chi connectivity index (χ0) is 30.3. The van der Waals surface area contributed by atoms with Crippen LogP contribution in [0.5, 0.6) is 0 Å². The van der Waals surface area contributed by atoms with E-state index in [1.807, 2.05) is 36.4 Å². The average Bonchev–Trinajstić information content (AvgIpc) is 2.95. The van der Waals surface area contributed by atoms with Crippen LogP contribution in [0.25, 0.3) is 0 Å². The quantitative estimate of drug-likeness (QED) is 0.327. The smallest absolute Gasteiger partial charge is 0.244 e. The molecule has 0 radical (unpaired) electrons. The molecule has 3 aromatic rings. The summed E-state index contributed by atoms with van der Waals surface area (Å²) in [5.41, 5.74) is 2.90. The third-order valence-electron chi connectivity index (χ3n) is 7.89. The molecule has 2 amide bonds. The van der Waals surface area contributed by atoms with E-state index in [0.29, 0.717) is 16.8 Å². The number of amides is 2. The van der Waals surface area contributed by atoms with Gasteiger partial charge in [-0.1, -0.05) is 86.0 Å². The molecule has 0 heterocycles. The van der Waals surface area contributed by atoms with E-state index in [4.69, 9.17) is 0 Å². The Hall–Kier alpha value is -3.72. The Kier molecular flexibility index (Phi) is 10.4. The van der Waals surface area contributed by atoms with Gasteiger partial charge in [0.05, 0.1) is 11.9 Å². The predicted octanol–water partition coefficient (Wildman–Crippen LogP) is 5.30. The molecule has 1 fully saturated rings. The van der Waals surface area contributed by atoms with E-state index in [0.717, 1.165) is 48.2 Å². The molecule has 4 rings (SSSR count). The molecule has 1 N–H and O–H groups in total. The molecule has 1 aliphatic carbocycles. The van der Waals surface area contributed by atoms with E-state index in [1.165, 1.54) is 11.0 Å². The summed E-state index contributed by atoms with van der Waals surface area (Å²) in [6, 6.07) is 19.9. The molecule has 0 saturated heterocycles. The van der Waals surface area contributed by atoms with Gasteiger partial charge in [-0.2, -0.15) is 0 Å². The van der Waals surface area contributed by atoms with Crippen LogP contribution in [0.4, 0.5) is 10.1 Å². The third kappa shape index (κ3) is 7.97. The molecule has 0 aliphatic heterocycles. The number of anilines is 1. The Balaban J connectivity index is 1.76. The summed E-state index contributed by atoms with van der Waals surface area (Å²) < 4.78 is 42.2. The van der Waals surface area contributed by atoms with Crippen molar-refractivity contribution < 1.29 is 22.4 Å². The highest BCUT2D eigenvalue weighted by molar-refractivity contribution is 7.92. The van der Waals surface area contributed by atoms with E-state index in [1.54, 1.807) is 44.2 Å². The predicted molar refractivity (Wildman–Crippen MR) is 164 cm³/mol. The molecule has 0 bridgehead atoms. The number of sulfonamides is 1. The number of carbonyl (C=O) groups is 2. The summed E-state index contributed by atoms with van der Waals surface area (Å²) in [4.78, 5) is 29.6. The second-order valence-corrected chi connectivity index (χ2v) is 13.1. The fraction of sp³-hybridized carbons (Fsp3) is 0.394. The molecule has 0 aromatic heterocycles. The highest BCUT2D eigenvalue weighted by atomic mass is 32.2. The molecule has 224 valence electrons. The third-order valence-corrected chi connectivity index (χ3v) is 9.00. The average molecular weight is 594 g/mol. The molecule has 1 atom stereocenters. The lowest BCUT2D eigenvalue weighted by Crippen LogP contribution is -2.55. The van der Waals surface area contributed by atoms with Crippen LogP contribution in [0.3, 0.4) is 0 Å². The molecule has 7 nitrogen and oxygen atoms in total. The lowest BCUT2D eigenvalue weighted by atomic mass is 9.94. The summed E-state index contributed by atoms with van der Waals surface area (Å²) in [6.45, 7) is 2.86. The Bertz CT molecular complexity index is 1470. The maximum absolute atomic E-state index is 15.0. The molecule has 3 aromatic carbocycles. The van der Waals surface area contributed by atoms with Crippen LogP contribution in [0.1, 0.15) is 54.4 Å². The number of carbonyl (C=O) groups excluding carboxylic acids is 2. The number of benzene rings is 3. The Morgan fingerprint density at radius 2 is 1.52 bits per heavy atom. The van der Waals surface area contributed by atoms with Crippen molar-refractivity contribution in [2.24, 2.45) is 0 Å². The number of rotatable bonds is 11. The van der Waals surface area contributed by atoms with Crippen molar-refractivity contribution in [3.05, 3.63) is 101 Å². The van der Waals surface area contributed by atoms with Gasteiger partial charge in [0.2, 0.25) is 21.8 Å². The molecule has 1 saturated carbocycles. The van der Waals surface area contributed by atoms with E-state index >= 15 is 0 Å². The van der Waals surface area contributed by atoms with E-state index in [2.05, 4.69) is 5.32 Å². The molecular weight excluding hydrogens is 553 g/mol. The number of para-hydroxylation sites is 1. The van der Waals surface area contributed by atoms with Crippen molar-refractivity contribution >= 4 is 27.5 Å². The van der Waals surface area contributed by atoms with Gasteiger partial charge in [-0.05, 0) is 49.4 Å². The SMILES string of the molecule is Cc1cccc(C)c1N(CC(=O)N(Cc1ccccc1F)[C@@H](Cc1ccccc1)C(=O)NC1CCCCC1)S(C)(=O)=O. The first-order valence-corrected chi connectivity index (χ1v) is 16.3. The van der Waals surface area contributed by atoms with Gasteiger partial charge in [0, 0.05) is 24.6 Å². The maximum Gasteiger partial charge on any atom is 0.244 e. The standard InChI is InChI=1S/C33H40FN3O4S/c1-24-13-12-14-25(2)32(24)37(42(3,40)41)23-31(38)36(22-27-17-10-11-20-29(27)34)30(21-26-15-6-4-7-16-26)33(39)35-28-18-8-5-9-19-28/h4,6-7,10-17,20,28,30H,5,8-9,18-19,21-23H2,1-3H3,(H,35,39)/t30-/m0/s1. The van der Waals surface area contributed by atoms with Crippen molar-refractivity contribution in [3.8, 4) is 0 Å². The minimum Gasteiger partial charge on any atom is -0.352 e. The molecule has 9 heteroatoms. The number of aryl methyl sites for hydroxylation is 2. The lowest BCUT2D eigenvalue weighted by molar-refractivity contribution is -0.140. The number of halogens is 1. The summed E-state index contributed by atoms with van der Waals surface area (Å²) >= 11 is 0. The van der Waals surface area contributed by atoms with Crippen LogP contribution in [-0.2, 0) is 32.6 Å². The van der Waals surface area contributed by atoms with Gasteiger partial charge in [-0.25, -0.2) is 12.8 Å². The fourth-order valence-corrected chi connectivity index (χ4v) is 6.65. The highest BCUT2D eigenvalue weighted by Gasteiger charge is 2.35. The summed E-state index contributed by atoms with van der Waals surface area (Å²) in [5.74, 6) is -1.42.